The van der Waals surface area contributed by atoms with Crippen molar-refractivity contribution in [1.82, 2.24) is 4.98 Å². The third-order valence-corrected chi connectivity index (χ3v) is 4.31. The molecule has 0 saturated carbocycles. The summed E-state index contributed by atoms with van der Waals surface area (Å²) in [4.78, 5) is 26.2. The van der Waals surface area contributed by atoms with Gasteiger partial charge in [0.25, 0.3) is 0 Å². The third-order valence-electron chi connectivity index (χ3n) is 4.31. The number of hydrogen-bond acceptors (Lipinski definition) is 3. The van der Waals surface area contributed by atoms with E-state index in [2.05, 4.69) is 11.9 Å². The van der Waals surface area contributed by atoms with E-state index in [0.29, 0.717) is 6.42 Å². The maximum atomic E-state index is 13.7. The molecule has 0 spiro atoms. The van der Waals surface area contributed by atoms with Crippen molar-refractivity contribution in [2.75, 3.05) is 6.61 Å². The van der Waals surface area contributed by atoms with Gasteiger partial charge < -0.3 is 9.72 Å². The van der Waals surface area contributed by atoms with Gasteiger partial charge in [-0.2, -0.15) is 0 Å². The van der Waals surface area contributed by atoms with Gasteiger partial charge in [0.15, 0.2) is 17.3 Å². The number of halogens is 1. The normalized spacial score (nSPS) is 10.8. The first kappa shape index (κ1) is 21.4. The lowest BCUT2D eigenvalue weighted by Crippen LogP contribution is -2.07. The van der Waals surface area contributed by atoms with Gasteiger partial charge in [0.2, 0.25) is 0 Å². The molecule has 1 aromatic heterocycles. The van der Waals surface area contributed by atoms with Crippen molar-refractivity contribution in [3.05, 3.63) is 23.3 Å². The Morgan fingerprint density at radius 3 is 2.08 bits per heavy atom. The van der Waals surface area contributed by atoms with Gasteiger partial charge in [0, 0.05) is 12.5 Å². The molecule has 0 fully saturated rings. The molecule has 0 amide bonds. The van der Waals surface area contributed by atoms with E-state index < -0.39 is 11.8 Å². The molecule has 0 aliphatic carbocycles. The van der Waals surface area contributed by atoms with Crippen LogP contribution in [0.5, 0.6) is 0 Å². The number of esters is 1. The van der Waals surface area contributed by atoms with Gasteiger partial charge >= 0.3 is 5.97 Å². The summed E-state index contributed by atoms with van der Waals surface area (Å²) in [5.74, 6) is -1.66. The van der Waals surface area contributed by atoms with E-state index in [1.807, 2.05) is 0 Å². The standard InChI is InChI=1S/C20H32FNO3/c1-3-5-6-7-8-9-10-11-12-13-14-18(23)17-15-16(21)19(22-17)20(24)25-4-2/h15,22H,3-14H2,1-2H3. The zero-order chi connectivity index (χ0) is 18.5. The Hall–Kier alpha value is -1.65. The van der Waals surface area contributed by atoms with Crippen LogP contribution in [0.15, 0.2) is 6.07 Å². The van der Waals surface area contributed by atoms with Crippen LogP contribution in [0.4, 0.5) is 4.39 Å². The number of hydrogen-bond donors (Lipinski definition) is 1. The van der Waals surface area contributed by atoms with Gasteiger partial charge in [0.05, 0.1) is 12.3 Å². The summed E-state index contributed by atoms with van der Waals surface area (Å²) in [6.45, 7) is 4.04. The summed E-state index contributed by atoms with van der Waals surface area (Å²) in [5.41, 5.74) is -0.121. The molecule has 0 radical (unpaired) electrons. The molecule has 5 heteroatoms. The summed E-state index contributed by atoms with van der Waals surface area (Å²) in [5, 5.41) is 0. The Morgan fingerprint density at radius 2 is 1.52 bits per heavy atom. The number of carbonyl (C=O) groups is 2. The first-order chi connectivity index (χ1) is 12.1. The second-order valence-electron chi connectivity index (χ2n) is 6.48. The van der Waals surface area contributed by atoms with Crippen molar-refractivity contribution in [3.8, 4) is 0 Å². The quantitative estimate of drug-likeness (QED) is 0.260. The minimum absolute atomic E-state index is 0.150. The molecule has 1 N–H and O–H groups in total. The zero-order valence-electron chi connectivity index (χ0n) is 15.7. The third kappa shape index (κ3) is 8.32. The van der Waals surface area contributed by atoms with Crippen LogP contribution >= 0.6 is 0 Å². The fraction of sp³-hybridized carbons (Fsp3) is 0.700. The highest BCUT2D eigenvalue weighted by molar-refractivity contribution is 5.97. The van der Waals surface area contributed by atoms with E-state index in [1.165, 1.54) is 44.9 Å². The van der Waals surface area contributed by atoms with Crippen LogP contribution in [-0.4, -0.2) is 23.3 Å². The van der Waals surface area contributed by atoms with Crippen LogP contribution in [-0.2, 0) is 4.74 Å². The van der Waals surface area contributed by atoms with Crippen LogP contribution in [0.3, 0.4) is 0 Å². The molecule has 0 aliphatic heterocycles. The van der Waals surface area contributed by atoms with E-state index in [4.69, 9.17) is 4.74 Å². The van der Waals surface area contributed by atoms with Crippen LogP contribution in [0.2, 0.25) is 0 Å². The van der Waals surface area contributed by atoms with Gasteiger partial charge in [-0.05, 0) is 13.3 Å². The van der Waals surface area contributed by atoms with Gasteiger partial charge in [-0.3, -0.25) is 4.79 Å². The number of carbonyl (C=O) groups excluding carboxylic acids is 2. The van der Waals surface area contributed by atoms with Crippen molar-refractivity contribution in [2.45, 2.75) is 84.5 Å². The number of ether oxygens (including phenoxy) is 1. The van der Waals surface area contributed by atoms with E-state index in [-0.39, 0.29) is 23.8 Å². The summed E-state index contributed by atoms with van der Waals surface area (Å²) in [6, 6.07) is 1.09. The Morgan fingerprint density at radius 1 is 0.960 bits per heavy atom. The number of ketones is 1. The van der Waals surface area contributed by atoms with Gasteiger partial charge in [-0.1, -0.05) is 64.7 Å². The molecule has 142 valence electrons. The number of aromatic amines is 1. The first-order valence-electron chi connectivity index (χ1n) is 9.69. The molecule has 4 nitrogen and oxygen atoms in total. The fourth-order valence-corrected chi connectivity index (χ4v) is 2.84. The predicted molar refractivity (Wildman–Crippen MR) is 97.5 cm³/mol. The van der Waals surface area contributed by atoms with Crippen LogP contribution in [0.1, 0.15) is 105 Å². The highest BCUT2D eigenvalue weighted by Crippen LogP contribution is 2.15. The van der Waals surface area contributed by atoms with Crippen molar-refractivity contribution in [1.29, 1.82) is 0 Å². The number of rotatable bonds is 14. The Labute approximate surface area is 150 Å². The van der Waals surface area contributed by atoms with Gasteiger partial charge in [-0.25, -0.2) is 9.18 Å². The molecule has 1 heterocycles. The van der Waals surface area contributed by atoms with Crippen LogP contribution < -0.4 is 0 Å². The second kappa shape index (κ2) is 12.7. The Balaban J connectivity index is 2.18. The average Bonchev–Trinajstić information content (AvgIpc) is 2.98. The molecule has 0 atom stereocenters. The molecule has 0 aromatic carbocycles. The Kier molecular flexibility index (Phi) is 10.8. The number of unbranched alkanes of at least 4 members (excludes halogenated alkanes) is 9. The molecular formula is C20H32FNO3. The van der Waals surface area contributed by atoms with E-state index in [9.17, 15) is 14.0 Å². The minimum atomic E-state index is -0.766. The summed E-state index contributed by atoms with van der Waals surface area (Å²) < 4.78 is 18.4. The maximum Gasteiger partial charge on any atom is 0.357 e. The highest BCUT2D eigenvalue weighted by atomic mass is 19.1. The summed E-state index contributed by atoms with van der Waals surface area (Å²) in [6.07, 6.45) is 12.4. The van der Waals surface area contributed by atoms with Crippen LogP contribution in [0.25, 0.3) is 0 Å². The maximum absolute atomic E-state index is 13.7. The fourth-order valence-electron chi connectivity index (χ4n) is 2.84. The molecule has 0 aliphatic rings. The summed E-state index contributed by atoms with van der Waals surface area (Å²) >= 11 is 0. The molecule has 1 rings (SSSR count). The first-order valence-corrected chi connectivity index (χ1v) is 9.69. The lowest BCUT2D eigenvalue weighted by Gasteiger charge is -2.02. The van der Waals surface area contributed by atoms with Crippen molar-refractivity contribution < 1.29 is 18.7 Å². The van der Waals surface area contributed by atoms with E-state index in [0.717, 1.165) is 25.3 Å². The van der Waals surface area contributed by atoms with Crippen LogP contribution in [0, 0.1) is 5.82 Å². The van der Waals surface area contributed by atoms with E-state index >= 15 is 0 Å². The molecule has 0 unspecified atom stereocenters. The molecule has 1 aromatic rings. The highest BCUT2D eigenvalue weighted by Gasteiger charge is 2.19. The van der Waals surface area contributed by atoms with Crippen molar-refractivity contribution in [3.63, 3.8) is 0 Å². The smallest absolute Gasteiger partial charge is 0.357 e. The Bertz CT molecular complexity index is 525. The average molecular weight is 353 g/mol. The second-order valence-corrected chi connectivity index (χ2v) is 6.48. The van der Waals surface area contributed by atoms with Gasteiger partial charge in [0.1, 0.15) is 0 Å². The topological polar surface area (TPSA) is 59.2 Å². The molecule has 0 bridgehead atoms. The predicted octanol–water partition coefficient (Wildman–Crippen LogP) is 5.82. The number of nitrogens with one attached hydrogen (secondary N) is 1. The number of Topliss-reactive ketones (excluding diaryl/α,β-unsaturated/α-hetero) is 1. The zero-order valence-corrected chi connectivity index (χ0v) is 15.7. The monoisotopic (exact) mass is 353 g/mol. The lowest BCUT2D eigenvalue weighted by molar-refractivity contribution is 0.0515. The molecule has 25 heavy (non-hydrogen) atoms. The van der Waals surface area contributed by atoms with E-state index in [1.54, 1.807) is 6.92 Å². The number of aromatic nitrogens is 1. The van der Waals surface area contributed by atoms with Gasteiger partial charge in [-0.15, -0.1) is 0 Å². The lowest BCUT2D eigenvalue weighted by atomic mass is 10.0. The van der Waals surface area contributed by atoms with Crippen molar-refractivity contribution in [2.24, 2.45) is 0 Å². The molecular weight excluding hydrogens is 321 g/mol. The summed E-state index contributed by atoms with van der Waals surface area (Å²) in [7, 11) is 0. The molecule has 0 saturated heterocycles. The largest absolute Gasteiger partial charge is 0.461 e. The van der Waals surface area contributed by atoms with Crippen molar-refractivity contribution >= 4 is 11.8 Å². The number of H-pyrrole nitrogens is 1. The SMILES string of the molecule is CCCCCCCCCCCCC(=O)c1cc(F)c(C(=O)OCC)[nH]1. The minimum Gasteiger partial charge on any atom is -0.461 e.